The second-order valence-corrected chi connectivity index (χ2v) is 16.0. The third-order valence-electron chi connectivity index (χ3n) is 9.33. The molecule has 0 saturated heterocycles. The van der Waals surface area contributed by atoms with E-state index in [0.29, 0.717) is 12.8 Å². The Hall–Kier alpha value is -1.02. The Balaban J connectivity index is 5.04. The van der Waals surface area contributed by atoms with E-state index in [0.717, 1.165) is 51.4 Å². The van der Waals surface area contributed by atoms with E-state index in [1.807, 2.05) is 0 Å². The van der Waals surface area contributed by atoms with Crippen LogP contribution in [-0.4, -0.2) is 73.2 Å². The zero-order chi connectivity index (χ0) is 46.1. The molecule has 0 spiro atoms. The van der Waals surface area contributed by atoms with Crippen LogP contribution in [0.4, 0.5) is 0 Å². The first kappa shape index (κ1) is 36.6. The molecule has 0 saturated carbocycles. The van der Waals surface area contributed by atoms with Crippen molar-refractivity contribution in [1.29, 1.82) is 0 Å². The van der Waals surface area contributed by atoms with E-state index in [1.165, 1.54) is 115 Å². The monoisotopic (exact) mass is 767 g/mol. The van der Waals surface area contributed by atoms with Gasteiger partial charge >= 0.3 is 7.82 Å². The van der Waals surface area contributed by atoms with Crippen LogP contribution in [-0.2, 0) is 18.4 Å². The third-order valence-corrected chi connectivity index (χ3v) is 10.3. The molecule has 3 N–H and O–H groups in total. The molecule has 0 bridgehead atoms. The fourth-order valence-corrected chi connectivity index (χ4v) is 6.75. The summed E-state index contributed by atoms with van der Waals surface area (Å²) in [4.78, 5) is 23.4. The molecule has 0 aromatic rings. The van der Waals surface area contributed by atoms with Crippen LogP contribution in [0.15, 0.2) is 24.3 Å². The summed E-state index contributed by atoms with van der Waals surface area (Å²) in [6.07, 6.45) is 38.0. The number of phosphoric acid groups is 1. The summed E-state index contributed by atoms with van der Waals surface area (Å²) < 4.78 is 90.0. The maximum absolute atomic E-state index is 13.0. The van der Waals surface area contributed by atoms with Gasteiger partial charge in [0.1, 0.15) is 13.2 Å². The van der Waals surface area contributed by atoms with Gasteiger partial charge in [0.15, 0.2) is 0 Å². The molecule has 1 unspecified atom stereocenters. The largest absolute Gasteiger partial charge is 0.472 e. The lowest BCUT2D eigenvalue weighted by Crippen LogP contribution is -2.45. The lowest BCUT2D eigenvalue weighted by Gasteiger charge is -2.25. The van der Waals surface area contributed by atoms with Crippen LogP contribution >= 0.6 is 7.82 Å². The average Bonchev–Trinajstić information content (AvgIpc) is 3.16. The summed E-state index contributed by atoms with van der Waals surface area (Å²) in [5.41, 5.74) is 0. The van der Waals surface area contributed by atoms with E-state index in [-0.39, 0.29) is 12.3 Å². The zero-order valence-corrected chi connectivity index (χ0v) is 34.2. The van der Waals surface area contributed by atoms with Crippen molar-refractivity contribution in [2.45, 2.75) is 206 Å². The molecule has 0 aliphatic heterocycles. The molecule has 52 heavy (non-hydrogen) atoms. The minimum atomic E-state index is -5.04. The van der Waals surface area contributed by atoms with Crippen molar-refractivity contribution >= 4 is 13.7 Å². The minimum Gasteiger partial charge on any atom is -0.387 e. The van der Waals surface area contributed by atoms with Crippen LogP contribution in [0.2, 0.25) is 0 Å². The summed E-state index contributed by atoms with van der Waals surface area (Å²) >= 11 is 0. The number of aliphatic hydroxyl groups is 1. The van der Waals surface area contributed by atoms with Crippen LogP contribution in [0.1, 0.15) is 206 Å². The van der Waals surface area contributed by atoms with Crippen molar-refractivity contribution in [1.82, 2.24) is 5.32 Å². The highest BCUT2D eigenvalue weighted by Gasteiger charge is 2.27. The van der Waals surface area contributed by atoms with Crippen molar-refractivity contribution in [2.75, 3.05) is 40.7 Å². The Morgan fingerprint density at radius 2 is 1.10 bits per heavy atom. The molecular formula is C43H86N2O6P+. The molecule has 0 aliphatic carbocycles. The first-order valence-corrected chi connectivity index (χ1v) is 22.5. The second-order valence-electron chi connectivity index (χ2n) is 14.6. The first-order chi connectivity index (χ1) is 28.8. The van der Waals surface area contributed by atoms with E-state index >= 15 is 0 Å². The fourth-order valence-electron chi connectivity index (χ4n) is 6.02. The van der Waals surface area contributed by atoms with Crippen LogP contribution in [0.5, 0.6) is 0 Å². The molecule has 3 atom stereocenters. The zero-order valence-electron chi connectivity index (χ0n) is 42.3. The number of amides is 1. The number of nitrogens with one attached hydrogen (secondary N) is 1. The fraction of sp³-hybridized carbons (Fsp3) is 0.884. The van der Waals surface area contributed by atoms with Gasteiger partial charge in [0.2, 0.25) is 5.91 Å². The molecule has 0 radical (unpaired) electrons. The summed E-state index contributed by atoms with van der Waals surface area (Å²) in [6, 6.07) is -1.15. The number of carbonyl (C=O) groups is 1. The Morgan fingerprint density at radius 1 is 0.673 bits per heavy atom. The average molecular weight is 767 g/mol. The SMILES string of the molecule is [2H]C([2H])([2H])[N+](CCOP(=O)(O)OC[C@H](NC(=O)CCCCCCCCC/C=C/CCCCCCCC)[C@H](O)/C=C/CCCCCCCCCCCCC)(C([2H])([2H])[2H])C([2H])([2H])[2H]. The summed E-state index contributed by atoms with van der Waals surface area (Å²) in [5, 5.41) is 13.7. The molecule has 0 aliphatic rings. The van der Waals surface area contributed by atoms with E-state index < -0.39 is 65.1 Å². The van der Waals surface area contributed by atoms with E-state index in [1.54, 1.807) is 6.08 Å². The normalized spacial score (nSPS) is 18.0. The van der Waals surface area contributed by atoms with E-state index in [9.17, 15) is 19.4 Å². The maximum atomic E-state index is 13.0. The van der Waals surface area contributed by atoms with Gasteiger partial charge in [0, 0.05) is 6.42 Å². The number of rotatable bonds is 39. The van der Waals surface area contributed by atoms with Crippen molar-refractivity contribution in [3.63, 3.8) is 0 Å². The Bertz CT molecular complexity index is 1170. The van der Waals surface area contributed by atoms with Gasteiger partial charge in [-0.25, -0.2) is 4.57 Å². The molecule has 0 rings (SSSR count). The molecular weight excluding hydrogens is 671 g/mol. The van der Waals surface area contributed by atoms with Crippen LogP contribution in [0.25, 0.3) is 0 Å². The highest BCUT2D eigenvalue weighted by atomic mass is 31.2. The highest BCUT2D eigenvalue weighted by molar-refractivity contribution is 7.47. The lowest BCUT2D eigenvalue weighted by molar-refractivity contribution is -0.870. The number of likely N-dealkylation sites (N-methyl/N-ethyl adjacent to an activating group) is 1. The predicted octanol–water partition coefficient (Wildman–Crippen LogP) is 11.7. The Labute approximate surface area is 334 Å². The van der Waals surface area contributed by atoms with Gasteiger partial charge in [-0.15, -0.1) is 0 Å². The van der Waals surface area contributed by atoms with Gasteiger partial charge in [-0.3, -0.25) is 13.8 Å². The van der Waals surface area contributed by atoms with Gasteiger partial charge in [0.25, 0.3) is 0 Å². The quantitative estimate of drug-likeness (QED) is 0.0249. The number of allylic oxidation sites excluding steroid dienone is 3. The summed E-state index contributed by atoms with van der Waals surface area (Å²) in [6.45, 7) is -9.11. The number of aliphatic hydroxyl groups excluding tert-OH is 1. The molecule has 1 amide bonds. The standard InChI is InChI=1S/C43H85N2O6P/c1-6-8-10-12-14-16-18-20-21-22-23-25-27-29-31-33-35-37-43(47)44-41(40-51-52(48,49)50-39-38-45(3,4)5)42(46)36-34-32-30-28-26-24-19-17-15-13-11-9-7-2/h20-21,34,36,41-42,46H,6-19,22-33,35,37-40H2,1-5H3,(H-,44,47,48,49)/p+1/b21-20+,36-34+/t41-,42+/m0/s1/i3D3,4D3,5D3. The second kappa shape index (κ2) is 35.7. The molecule has 8 nitrogen and oxygen atoms in total. The lowest BCUT2D eigenvalue weighted by atomic mass is 10.0. The first-order valence-electron chi connectivity index (χ1n) is 25.5. The van der Waals surface area contributed by atoms with Gasteiger partial charge in [-0.2, -0.15) is 0 Å². The van der Waals surface area contributed by atoms with Gasteiger partial charge < -0.3 is 19.8 Å². The third kappa shape index (κ3) is 37.3. The highest BCUT2D eigenvalue weighted by Crippen LogP contribution is 2.43. The van der Waals surface area contributed by atoms with E-state index in [2.05, 4.69) is 31.3 Å². The molecule has 9 heteroatoms. The number of quaternary nitrogens is 1. The van der Waals surface area contributed by atoms with Crippen LogP contribution in [0.3, 0.4) is 0 Å². The van der Waals surface area contributed by atoms with Crippen molar-refractivity contribution in [3.8, 4) is 0 Å². The molecule has 0 fully saturated rings. The number of hydrogen-bond acceptors (Lipinski definition) is 5. The Morgan fingerprint density at radius 3 is 1.56 bits per heavy atom. The van der Waals surface area contributed by atoms with Crippen LogP contribution < -0.4 is 5.32 Å². The van der Waals surface area contributed by atoms with Crippen molar-refractivity contribution in [3.05, 3.63) is 24.3 Å². The molecule has 0 aromatic carbocycles. The van der Waals surface area contributed by atoms with Crippen LogP contribution in [0, 0.1) is 0 Å². The van der Waals surface area contributed by atoms with Crippen molar-refractivity contribution in [2.24, 2.45) is 0 Å². The number of hydrogen-bond donors (Lipinski definition) is 3. The van der Waals surface area contributed by atoms with Gasteiger partial charge in [-0.1, -0.05) is 167 Å². The van der Waals surface area contributed by atoms with E-state index in [4.69, 9.17) is 21.4 Å². The van der Waals surface area contributed by atoms with Gasteiger partial charge in [0.05, 0.1) is 52.0 Å². The Kier molecular flexibility index (Phi) is 25.1. The number of phosphoric ester groups is 1. The minimum absolute atomic E-state index is 0.182. The number of nitrogens with zero attached hydrogens (tertiary/aromatic N) is 1. The predicted molar refractivity (Wildman–Crippen MR) is 221 cm³/mol. The number of carbonyl (C=O) groups excluding carboxylic acids is 1. The van der Waals surface area contributed by atoms with Crippen molar-refractivity contribution < 1.29 is 45.2 Å². The number of unbranched alkanes of at least 4 members (excludes halogenated alkanes) is 24. The summed E-state index contributed by atoms with van der Waals surface area (Å²) in [7, 11) is -5.04. The topological polar surface area (TPSA) is 105 Å². The molecule has 0 heterocycles. The van der Waals surface area contributed by atoms with Gasteiger partial charge in [-0.05, 0) is 44.9 Å². The maximum Gasteiger partial charge on any atom is 0.472 e. The smallest absolute Gasteiger partial charge is 0.387 e. The summed E-state index contributed by atoms with van der Waals surface area (Å²) in [5.74, 6) is -0.372. The molecule has 308 valence electrons. The molecule has 0 aromatic heterocycles.